The number of nitrogens with one attached hydrogen (secondary N) is 2. The smallest absolute Gasteiger partial charge is 0.296 e. The summed E-state index contributed by atoms with van der Waals surface area (Å²) in [6.07, 6.45) is 1.97. The van der Waals surface area contributed by atoms with Crippen LogP contribution in [0.4, 0.5) is 28.4 Å². The van der Waals surface area contributed by atoms with Crippen LogP contribution in [-0.2, 0) is 29.7 Å². The van der Waals surface area contributed by atoms with Gasteiger partial charge in [0.25, 0.3) is 20.1 Å². The molecule has 16 nitrogen and oxygen atoms in total. The lowest BCUT2D eigenvalue weighted by Gasteiger charge is -2.14. The Balaban J connectivity index is 1.46. The number of ether oxygens (including phenoxy) is 3. The maximum Gasteiger partial charge on any atom is 0.296 e. The molecule has 0 bridgehead atoms. The van der Waals surface area contributed by atoms with Gasteiger partial charge in [0.2, 0.25) is 5.91 Å². The Morgan fingerprint density at radius 1 is 0.918 bits per heavy atom. The SMILES string of the molecule is COc1cc(N=Nc2c(S(=O)(=O)O)cc3ccc(NCC4CCCO4)cc3c2O)c(OC)cc1N=Nc1ccc(S(=O)(=O)NC(C)=O)cc1. The molecule has 49 heavy (non-hydrogen) atoms. The molecule has 0 radical (unpaired) electrons. The van der Waals surface area contributed by atoms with E-state index in [1.54, 1.807) is 18.2 Å². The number of phenolic OH excluding ortho intramolecular Hbond substituents is 1. The van der Waals surface area contributed by atoms with Crippen LogP contribution in [0, 0.1) is 0 Å². The first-order valence-corrected chi connectivity index (χ1v) is 17.6. The van der Waals surface area contributed by atoms with E-state index in [1.165, 1.54) is 56.7 Å². The third-order valence-corrected chi connectivity index (χ3v) is 9.64. The number of phenols is 1. The summed E-state index contributed by atoms with van der Waals surface area (Å²) in [4.78, 5) is 10.4. The van der Waals surface area contributed by atoms with E-state index >= 15 is 0 Å². The van der Waals surface area contributed by atoms with Gasteiger partial charge in [0, 0.05) is 43.3 Å². The maximum absolute atomic E-state index is 12.3. The molecule has 258 valence electrons. The minimum atomic E-state index is -4.85. The number of aromatic hydroxyl groups is 1. The third kappa shape index (κ3) is 8.29. The predicted octanol–water partition coefficient (Wildman–Crippen LogP) is 6.06. The summed E-state index contributed by atoms with van der Waals surface area (Å²) in [6, 6.07) is 14.2. The molecule has 1 amide bonds. The first-order valence-electron chi connectivity index (χ1n) is 14.6. The fraction of sp³-hybridized carbons (Fsp3) is 0.258. The standard InChI is InChI=1S/C31H32N6O10S2/c1-18(38)37-48(40,41)23-10-8-20(9-11-23)33-34-25-15-28(46-3)26(16-27(25)45-2)35-36-30-29(49(42,43)44)13-19-6-7-21(14-24(19)31(30)39)32-17-22-5-4-12-47-22/h6-11,13-16,22,32,39H,4-5,12,17H2,1-3H3,(H,37,38)(H,42,43,44). The van der Waals surface area contributed by atoms with Gasteiger partial charge in [-0.2, -0.15) is 13.5 Å². The average molecular weight is 713 g/mol. The molecule has 4 aromatic rings. The first kappa shape index (κ1) is 35.1. The van der Waals surface area contributed by atoms with Crippen molar-refractivity contribution in [1.82, 2.24) is 4.72 Å². The fourth-order valence-corrected chi connectivity index (χ4v) is 6.61. The van der Waals surface area contributed by atoms with Crippen molar-refractivity contribution < 1.29 is 45.5 Å². The Bertz CT molecular complexity index is 2170. The molecule has 4 aromatic carbocycles. The zero-order chi connectivity index (χ0) is 35.3. The van der Waals surface area contributed by atoms with Crippen molar-refractivity contribution in [2.24, 2.45) is 20.5 Å². The van der Waals surface area contributed by atoms with Crippen LogP contribution in [0.1, 0.15) is 19.8 Å². The van der Waals surface area contributed by atoms with Crippen LogP contribution in [0.5, 0.6) is 17.2 Å². The molecule has 18 heteroatoms. The number of methoxy groups -OCH3 is 2. The lowest BCUT2D eigenvalue weighted by atomic mass is 10.1. The van der Waals surface area contributed by atoms with Gasteiger partial charge in [0.05, 0.1) is 30.9 Å². The number of carbonyl (C=O) groups excluding carboxylic acids is 1. The highest BCUT2D eigenvalue weighted by Crippen LogP contribution is 2.45. The Labute approximate surface area is 281 Å². The molecular weight excluding hydrogens is 681 g/mol. The van der Waals surface area contributed by atoms with Crippen molar-refractivity contribution >= 4 is 65.3 Å². The molecule has 1 saturated heterocycles. The normalized spacial score (nSPS) is 15.2. The molecule has 4 N–H and O–H groups in total. The second kappa shape index (κ2) is 14.5. The van der Waals surface area contributed by atoms with Crippen LogP contribution < -0.4 is 19.5 Å². The van der Waals surface area contributed by atoms with Crippen molar-refractivity contribution in [3.8, 4) is 17.2 Å². The highest BCUT2D eigenvalue weighted by Gasteiger charge is 2.23. The molecule has 1 unspecified atom stereocenters. The molecule has 0 spiro atoms. The van der Waals surface area contributed by atoms with E-state index in [0.29, 0.717) is 24.2 Å². The summed E-state index contributed by atoms with van der Waals surface area (Å²) in [5.74, 6) is -0.984. The number of benzene rings is 4. The second-order valence-electron chi connectivity index (χ2n) is 10.8. The second-order valence-corrected chi connectivity index (χ2v) is 13.8. The van der Waals surface area contributed by atoms with Gasteiger partial charge in [-0.05, 0) is 60.7 Å². The van der Waals surface area contributed by atoms with Gasteiger partial charge in [-0.25, -0.2) is 13.1 Å². The summed E-state index contributed by atoms with van der Waals surface area (Å²) < 4.78 is 77.4. The number of rotatable bonds is 12. The van der Waals surface area contributed by atoms with Gasteiger partial charge in [-0.15, -0.1) is 15.3 Å². The number of amides is 1. The molecule has 1 aliphatic rings. The van der Waals surface area contributed by atoms with Gasteiger partial charge in [-0.3, -0.25) is 9.35 Å². The van der Waals surface area contributed by atoms with Crippen molar-refractivity contribution in [2.45, 2.75) is 35.7 Å². The van der Waals surface area contributed by atoms with E-state index in [9.17, 15) is 31.3 Å². The van der Waals surface area contributed by atoms with Crippen LogP contribution >= 0.6 is 0 Å². The minimum absolute atomic E-state index is 0.0543. The van der Waals surface area contributed by atoms with Gasteiger partial charge >= 0.3 is 0 Å². The number of anilines is 1. The van der Waals surface area contributed by atoms with Crippen molar-refractivity contribution in [3.63, 3.8) is 0 Å². The number of sulfonamides is 1. The van der Waals surface area contributed by atoms with Gasteiger partial charge < -0.3 is 24.6 Å². The Kier molecular flexibility index (Phi) is 10.4. The van der Waals surface area contributed by atoms with Crippen molar-refractivity contribution in [1.29, 1.82) is 0 Å². The number of azo groups is 2. The number of fused-ring (bicyclic) bond motifs is 1. The number of carbonyl (C=O) groups is 1. The quantitative estimate of drug-likeness (QED) is 0.0975. The lowest BCUT2D eigenvalue weighted by Crippen LogP contribution is -2.28. The van der Waals surface area contributed by atoms with E-state index < -0.39 is 42.4 Å². The molecule has 0 aromatic heterocycles. The zero-order valence-corrected chi connectivity index (χ0v) is 28.1. The number of hydrogen-bond donors (Lipinski definition) is 4. The lowest BCUT2D eigenvalue weighted by molar-refractivity contribution is -0.117. The van der Waals surface area contributed by atoms with Crippen molar-refractivity contribution in [3.05, 3.63) is 60.7 Å². The third-order valence-electron chi connectivity index (χ3n) is 7.32. The molecule has 0 saturated carbocycles. The number of hydrogen-bond acceptors (Lipinski definition) is 14. The van der Waals surface area contributed by atoms with E-state index in [2.05, 4.69) is 25.8 Å². The van der Waals surface area contributed by atoms with Gasteiger partial charge in [0.15, 0.2) is 5.75 Å². The molecule has 1 atom stereocenters. The van der Waals surface area contributed by atoms with E-state index in [4.69, 9.17) is 14.2 Å². The Morgan fingerprint density at radius 3 is 2.14 bits per heavy atom. The topological polar surface area (TPSA) is 227 Å². The van der Waals surface area contributed by atoms with Crippen LogP contribution in [0.15, 0.2) is 90.9 Å². The molecule has 1 heterocycles. The zero-order valence-electron chi connectivity index (χ0n) is 26.4. The summed E-state index contributed by atoms with van der Waals surface area (Å²) in [7, 11) is -6.17. The largest absolute Gasteiger partial charge is 0.505 e. The molecule has 1 aliphatic heterocycles. The number of nitrogens with zero attached hydrogens (tertiary/aromatic N) is 4. The summed E-state index contributed by atoms with van der Waals surface area (Å²) in [6.45, 7) is 2.34. The highest BCUT2D eigenvalue weighted by molar-refractivity contribution is 7.90. The van der Waals surface area contributed by atoms with Crippen LogP contribution in [0.2, 0.25) is 0 Å². The summed E-state index contributed by atoms with van der Waals surface area (Å²) in [5, 5.41) is 31.5. The molecule has 0 aliphatic carbocycles. The monoisotopic (exact) mass is 712 g/mol. The van der Waals surface area contributed by atoms with Crippen LogP contribution in [-0.4, -0.2) is 65.9 Å². The summed E-state index contributed by atoms with van der Waals surface area (Å²) >= 11 is 0. The first-order chi connectivity index (χ1) is 23.3. The summed E-state index contributed by atoms with van der Waals surface area (Å²) in [5.41, 5.74) is 0.673. The van der Waals surface area contributed by atoms with Gasteiger partial charge in [0.1, 0.15) is 33.5 Å². The molecular formula is C31H32N6O10S2. The Hall–Kier alpha value is -5.17. The minimum Gasteiger partial charge on any atom is -0.505 e. The predicted molar refractivity (Wildman–Crippen MR) is 178 cm³/mol. The van der Waals surface area contributed by atoms with Crippen LogP contribution in [0.3, 0.4) is 0 Å². The van der Waals surface area contributed by atoms with Crippen molar-refractivity contribution in [2.75, 3.05) is 32.7 Å². The highest BCUT2D eigenvalue weighted by atomic mass is 32.2. The van der Waals surface area contributed by atoms with E-state index in [1.807, 2.05) is 4.72 Å². The maximum atomic E-state index is 12.3. The van der Waals surface area contributed by atoms with E-state index in [0.717, 1.165) is 19.8 Å². The van der Waals surface area contributed by atoms with Gasteiger partial charge in [-0.1, -0.05) is 6.07 Å². The Morgan fingerprint density at radius 2 is 1.57 bits per heavy atom. The molecule has 1 fully saturated rings. The van der Waals surface area contributed by atoms with Crippen LogP contribution in [0.25, 0.3) is 10.8 Å². The van der Waals surface area contributed by atoms with E-state index in [-0.39, 0.29) is 44.9 Å². The average Bonchev–Trinajstić information content (AvgIpc) is 3.59. The molecule has 5 rings (SSSR count). The fourth-order valence-electron chi connectivity index (χ4n) is 4.96.